The molecular weight excluding hydrogens is 417 g/mol. The van der Waals surface area contributed by atoms with Crippen LogP contribution < -0.4 is 10.6 Å². The van der Waals surface area contributed by atoms with Crippen LogP contribution in [0.2, 0.25) is 0 Å². The Morgan fingerprint density at radius 1 is 0.727 bits per heavy atom. The van der Waals surface area contributed by atoms with Crippen LogP contribution in [0.3, 0.4) is 0 Å². The Hall–Kier alpha value is -0.1000. The molecule has 1 rings (SSSR count). The van der Waals surface area contributed by atoms with Gasteiger partial charge in [0.05, 0.1) is 0 Å². The predicted octanol–water partition coefficient (Wildman–Crippen LogP) is 3.66. The molecule has 2 amide bonds. The van der Waals surface area contributed by atoms with E-state index in [-0.39, 0.29) is 13.1 Å². The van der Waals surface area contributed by atoms with Crippen molar-refractivity contribution in [2.24, 2.45) is 0 Å². The summed E-state index contributed by atoms with van der Waals surface area (Å²) in [6.45, 7) is 0.404. The lowest BCUT2D eigenvalue weighted by Crippen LogP contribution is -2.34. The maximum atomic E-state index is 11.4. The van der Waals surface area contributed by atoms with Gasteiger partial charge in [0.1, 0.15) is 0 Å². The van der Waals surface area contributed by atoms with E-state index in [0.29, 0.717) is 0 Å². The number of alkyl halides is 6. The molecule has 4 nitrogen and oxygen atoms in total. The van der Waals surface area contributed by atoms with Crippen molar-refractivity contribution in [3.05, 3.63) is 35.4 Å². The summed E-state index contributed by atoms with van der Waals surface area (Å²) in [5.74, 6) is -1.42. The fraction of sp³-hybridized carbons (Fsp3) is 0.333. The van der Waals surface area contributed by atoms with Crippen molar-refractivity contribution in [2.75, 3.05) is 0 Å². The molecule has 0 saturated heterocycles. The highest BCUT2D eigenvalue weighted by molar-refractivity contribution is 6.76. The van der Waals surface area contributed by atoms with Crippen LogP contribution in [0.1, 0.15) is 11.1 Å². The topological polar surface area (TPSA) is 58.2 Å². The van der Waals surface area contributed by atoms with Gasteiger partial charge < -0.3 is 10.6 Å². The molecule has 0 bridgehead atoms. The molecule has 0 fully saturated rings. The van der Waals surface area contributed by atoms with Crippen molar-refractivity contribution in [1.29, 1.82) is 0 Å². The first-order valence-electron chi connectivity index (χ1n) is 5.78. The van der Waals surface area contributed by atoms with Gasteiger partial charge in [0.2, 0.25) is 0 Å². The average molecular weight is 427 g/mol. The van der Waals surface area contributed by atoms with Crippen molar-refractivity contribution in [3.63, 3.8) is 0 Å². The van der Waals surface area contributed by atoms with E-state index in [2.05, 4.69) is 10.6 Å². The van der Waals surface area contributed by atoms with Crippen molar-refractivity contribution >= 4 is 81.4 Å². The lowest BCUT2D eigenvalue weighted by Gasteiger charge is -2.12. The molecule has 1 aromatic rings. The lowest BCUT2D eigenvalue weighted by atomic mass is 10.1. The van der Waals surface area contributed by atoms with Crippen LogP contribution in [0.4, 0.5) is 0 Å². The molecule has 0 heterocycles. The fourth-order valence-corrected chi connectivity index (χ4v) is 1.74. The van der Waals surface area contributed by atoms with Gasteiger partial charge in [-0.1, -0.05) is 93.9 Å². The number of halogens is 6. The Morgan fingerprint density at radius 3 is 1.23 bits per heavy atom. The monoisotopic (exact) mass is 424 g/mol. The molecule has 10 heteroatoms. The van der Waals surface area contributed by atoms with Crippen LogP contribution in [0.5, 0.6) is 0 Å². The number of carbonyl (C=O) groups is 2. The highest BCUT2D eigenvalue weighted by atomic mass is 35.6. The third-order valence-electron chi connectivity index (χ3n) is 2.44. The van der Waals surface area contributed by atoms with Crippen LogP contribution in [0, 0.1) is 0 Å². The largest absolute Gasteiger partial charge is 0.348 e. The smallest absolute Gasteiger partial charge is 0.272 e. The minimum atomic E-state index is -2.00. The highest BCUT2D eigenvalue weighted by Crippen LogP contribution is 2.26. The summed E-state index contributed by atoms with van der Waals surface area (Å²) < 4.78 is -4.00. The van der Waals surface area contributed by atoms with Crippen LogP contribution in [-0.4, -0.2) is 19.4 Å². The molecule has 0 aliphatic heterocycles. The molecular formula is C12H10Cl6N2O2. The van der Waals surface area contributed by atoms with Crippen molar-refractivity contribution in [2.45, 2.75) is 20.7 Å². The normalized spacial score (nSPS) is 11.9. The molecule has 1 aromatic carbocycles. The van der Waals surface area contributed by atoms with Gasteiger partial charge in [-0.05, 0) is 11.1 Å². The molecule has 0 spiro atoms. The maximum Gasteiger partial charge on any atom is 0.272 e. The molecule has 122 valence electrons. The van der Waals surface area contributed by atoms with E-state index >= 15 is 0 Å². The number of nitrogens with one attached hydrogen (secondary N) is 2. The minimum absolute atomic E-state index is 0.202. The standard InChI is InChI=1S/C12H10Cl6N2O2/c13-11(14,15)9(21)19-5-7-1-2-8(4-3-7)6-20-10(22)12(16,17)18/h1-4H,5-6H2,(H,19,21)(H,20,22). The fourth-order valence-electron chi connectivity index (χ4n) is 1.34. The van der Waals surface area contributed by atoms with Gasteiger partial charge in [-0.3, -0.25) is 9.59 Å². The van der Waals surface area contributed by atoms with Gasteiger partial charge in [-0.25, -0.2) is 0 Å². The summed E-state index contributed by atoms with van der Waals surface area (Å²) in [7, 11) is 0. The number of hydrogen-bond donors (Lipinski definition) is 2. The zero-order chi connectivity index (χ0) is 17.0. The molecule has 0 atom stereocenters. The molecule has 22 heavy (non-hydrogen) atoms. The van der Waals surface area contributed by atoms with Crippen LogP contribution in [0.15, 0.2) is 24.3 Å². The summed E-state index contributed by atoms with van der Waals surface area (Å²) in [6.07, 6.45) is 0. The third kappa shape index (κ3) is 6.99. The predicted molar refractivity (Wildman–Crippen MR) is 90.7 cm³/mol. The Bertz CT molecular complexity index is 487. The second-order valence-corrected chi connectivity index (χ2v) is 8.74. The minimum Gasteiger partial charge on any atom is -0.348 e. The lowest BCUT2D eigenvalue weighted by molar-refractivity contribution is -0.121. The summed E-state index contributed by atoms with van der Waals surface area (Å²) in [6, 6.07) is 6.98. The van der Waals surface area contributed by atoms with Gasteiger partial charge in [0, 0.05) is 13.1 Å². The van der Waals surface area contributed by atoms with Gasteiger partial charge in [0.15, 0.2) is 0 Å². The van der Waals surface area contributed by atoms with E-state index in [4.69, 9.17) is 69.6 Å². The molecule has 0 aliphatic carbocycles. The van der Waals surface area contributed by atoms with Gasteiger partial charge in [-0.15, -0.1) is 0 Å². The SMILES string of the molecule is O=C(NCc1ccc(CNC(=O)C(Cl)(Cl)Cl)cc1)C(Cl)(Cl)Cl. The van der Waals surface area contributed by atoms with Gasteiger partial charge >= 0.3 is 0 Å². The summed E-state index contributed by atoms with van der Waals surface area (Å²) in [5.41, 5.74) is 1.58. The van der Waals surface area contributed by atoms with E-state index in [0.717, 1.165) is 11.1 Å². The Kier molecular flexibility index (Phi) is 7.37. The van der Waals surface area contributed by atoms with E-state index in [1.165, 1.54) is 0 Å². The molecule has 2 N–H and O–H groups in total. The summed E-state index contributed by atoms with van der Waals surface area (Å²) in [5, 5.41) is 4.94. The van der Waals surface area contributed by atoms with Gasteiger partial charge in [0.25, 0.3) is 19.4 Å². The zero-order valence-electron chi connectivity index (χ0n) is 10.8. The number of benzene rings is 1. The van der Waals surface area contributed by atoms with Crippen molar-refractivity contribution in [1.82, 2.24) is 10.6 Å². The molecule has 0 aliphatic rings. The highest BCUT2D eigenvalue weighted by Gasteiger charge is 2.30. The van der Waals surface area contributed by atoms with Crippen molar-refractivity contribution in [3.8, 4) is 0 Å². The van der Waals surface area contributed by atoms with Crippen LogP contribution >= 0.6 is 69.6 Å². The Labute approximate surface area is 157 Å². The third-order valence-corrected chi connectivity index (χ3v) is 3.47. The number of carbonyl (C=O) groups excluding carboxylic acids is 2. The van der Waals surface area contributed by atoms with E-state index in [9.17, 15) is 9.59 Å². The zero-order valence-corrected chi connectivity index (χ0v) is 15.3. The number of rotatable bonds is 4. The summed E-state index contributed by atoms with van der Waals surface area (Å²) >= 11 is 32.6. The van der Waals surface area contributed by atoms with Gasteiger partial charge in [-0.2, -0.15) is 0 Å². The number of hydrogen-bond acceptors (Lipinski definition) is 2. The first-order chi connectivity index (χ1) is 10.00. The Balaban J connectivity index is 2.50. The first-order valence-corrected chi connectivity index (χ1v) is 8.05. The van der Waals surface area contributed by atoms with E-state index < -0.39 is 19.4 Å². The quantitative estimate of drug-likeness (QED) is 0.722. The second kappa shape index (κ2) is 8.13. The molecule has 0 aromatic heterocycles. The molecule has 0 radical (unpaired) electrons. The number of amides is 2. The van der Waals surface area contributed by atoms with Crippen LogP contribution in [-0.2, 0) is 22.7 Å². The molecule has 0 saturated carbocycles. The van der Waals surface area contributed by atoms with E-state index in [1.54, 1.807) is 24.3 Å². The van der Waals surface area contributed by atoms with Crippen LogP contribution in [0.25, 0.3) is 0 Å². The van der Waals surface area contributed by atoms with Crippen molar-refractivity contribution < 1.29 is 9.59 Å². The van der Waals surface area contributed by atoms with E-state index in [1.807, 2.05) is 0 Å². The maximum absolute atomic E-state index is 11.4. The summed E-state index contributed by atoms with van der Waals surface area (Å²) in [4.78, 5) is 22.8. The molecule has 0 unspecified atom stereocenters. The Morgan fingerprint density at radius 2 is 1.00 bits per heavy atom. The second-order valence-electron chi connectivity index (χ2n) is 4.18. The first kappa shape index (κ1) is 19.9. The average Bonchev–Trinajstić information content (AvgIpc) is 2.41.